The molecule has 2 N–H and O–H groups in total. The summed E-state index contributed by atoms with van der Waals surface area (Å²) in [5.41, 5.74) is 0.463. The van der Waals surface area contributed by atoms with Crippen molar-refractivity contribution in [3.05, 3.63) is 29.8 Å². The van der Waals surface area contributed by atoms with Crippen molar-refractivity contribution >= 4 is 5.96 Å². The van der Waals surface area contributed by atoms with Crippen LogP contribution in [0.3, 0.4) is 0 Å². The fourth-order valence-electron chi connectivity index (χ4n) is 2.48. The van der Waals surface area contributed by atoms with Crippen molar-refractivity contribution in [1.29, 1.82) is 0 Å². The minimum absolute atomic E-state index is 0.0785. The van der Waals surface area contributed by atoms with E-state index in [2.05, 4.69) is 15.0 Å². The Morgan fingerprint density at radius 1 is 1.32 bits per heavy atom. The van der Waals surface area contributed by atoms with Crippen LogP contribution in [0.5, 0.6) is 5.75 Å². The third-order valence-electron chi connectivity index (χ3n) is 4.23. The predicted octanol–water partition coefficient (Wildman–Crippen LogP) is 2.94. The van der Waals surface area contributed by atoms with Crippen LogP contribution in [-0.2, 0) is 4.74 Å². The quantitative estimate of drug-likeness (QED) is 0.357. The molecule has 0 saturated heterocycles. The van der Waals surface area contributed by atoms with Crippen molar-refractivity contribution in [1.82, 2.24) is 10.2 Å². The molecule has 28 heavy (non-hydrogen) atoms. The molecule has 1 aromatic rings. The highest BCUT2D eigenvalue weighted by Gasteiger charge is 2.31. The number of halogens is 3. The van der Waals surface area contributed by atoms with Crippen LogP contribution in [0.25, 0.3) is 0 Å². The van der Waals surface area contributed by atoms with Gasteiger partial charge >= 0.3 is 6.36 Å². The lowest BCUT2D eigenvalue weighted by molar-refractivity contribution is -0.274. The Morgan fingerprint density at radius 3 is 2.57 bits per heavy atom. The second kappa shape index (κ2) is 10.5. The first-order valence-electron chi connectivity index (χ1n) is 9.39. The van der Waals surface area contributed by atoms with Gasteiger partial charge in [-0.1, -0.05) is 12.1 Å². The van der Waals surface area contributed by atoms with Crippen LogP contribution in [0.2, 0.25) is 0 Å². The summed E-state index contributed by atoms with van der Waals surface area (Å²) >= 11 is 0. The fourth-order valence-corrected chi connectivity index (χ4v) is 2.48. The van der Waals surface area contributed by atoms with Crippen LogP contribution in [0.1, 0.15) is 31.4 Å². The van der Waals surface area contributed by atoms with Gasteiger partial charge in [-0.3, -0.25) is 4.99 Å². The van der Waals surface area contributed by atoms with Gasteiger partial charge in [0.25, 0.3) is 0 Å². The Bertz CT molecular complexity index is 619. The van der Waals surface area contributed by atoms with Crippen LogP contribution < -0.4 is 10.1 Å². The molecular weight excluding hydrogens is 375 g/mol. The highest BCUT2D eigenvalue weighted by Crippen LogP contribution is 2.28. The van der Waals surface area contributed by atoms with Crippen LogP contribution >= 0.6 is 0 Å². The molecule has 0 heterocycles. The summed E-state index contributed by atoms with van der Waals surface area (Å²) in [6.07, 6.45) is -3.17. The standard InChI is InChI=1S/C19H28F3N3O3/c1-3-23-18(25(2)10-11-27-13-14-4-5-14)24-12-17(26)15-6-8-16(9-7-15)28-19(20,21)22/h6-9,14,17,26H,3-5,10-13H2,1-2H3,(H,23,24). The molecule has 0 aromatic heterocycles. The number of rotatable bonds is 10. The number of guanidine groups is 1. The Morgan fingerprint density at radius 2 is 2.00 bits per heavy atom. The largest absolute Gasteiger partial charge is 0.573 e. The predicted molar refractivity (Wildman–Crippen MR) is 100 cm³/mol. The SMILES string of the molecule is CCNC(=NCC(O)c1ccc(OC(F)(F)F)cc1)N(C)CCOCC1CC1. The highest BCUT2D eigenvalue weighted by atomic mass is 19.4. The molecule has 0 spiro atoms. The summed E-state index contributed by atoms with van der Waals surface area (Å²) in [7, 11) is 1.89. The first-order valence-corrected chi connectivity index (χ1v) is 9.39. The molecule has 0 amide bonds. The van der Waals surface area contributed by atoms with Crippen molar-refractivity contribution in [3.63, 3.8) is 0 Å². The van der Waals surface area contributed by atoms with Crippen LogP contribution in [0.15, 0.2) is 29.3 Å². The zero-order valence-corrected chi connectivity index (χ0v) is 16.2. The summed E-state index contributed by atoms with van der Waals surface area (Å²) in [4.78, 5) is 6.33. The van der Waals surface area contributed by atoms with Crippen molar-refractivity contribution in [2.45, 2.75) is 32.2 Å². The normalized spacial score (nSPS) is 16.0. The Labute approximate surface area is 163 Å². The Hall–Kier alpha value is -2.00. The molecule has 1 aromatic carbocycles. The number of hydrogen-bond acceptors (Lipinski definition) is 4. The van der Waals surface area contributed by atoms with Gasteiger partial charge < -0.3 is 24.8 Å². The number of aliphatic hydroxyl groups excluding tert-OH is 1. The third-order valence-corrected chi connectivity index (χ3v) is 4.23. The fraction of sp³-hybridized carbons (Fsp3) is 0.632. The van der Waals surface area contributed by atoms with Crippen molar-refractivity contribution in [3.8, 4) is 5.75 Å². The van der Waals surface area contributed by atoms with E-state index in [0.29, 0.717) is 31.2 Å². The molecule has 2 rings (SSSR count). The number of hydrogen-bond donors (Lipinski definition) is 2. The highest BCUT2D eigenvalue weighted by molar-refractivity contribution is 5.79. The van der Waals surface area contributed by atoms with Gasteiger partial charge in [0.15, 0.2) is 5.96 Å². The maximum atomic E-state index is 12.2. The van der Waals surface area contributed by atoms with Crippen molar-refractivity contribution < 1.29 is 27.8 Å². The van der Waals surface area contributed by atoms with Gasteiger partial charge in [0.1, 0.15) is 5.75 Å². The summed E-state index contributed by atoms with van der Waals surface area (Å²) in [6.45, 7) is 4.76. The number of alkyl halides is 3. The second-order valence-corrected chi connectivity index (χ2v) is 6.77. The minimum atomic E-state index is -4.74. The molecule has 1 aliphatic rings. The number of benzene rings is 1. The molecule has 0 radical (unpaired) electrons. The van der Waals surface area contributed by atoms with E-state index >= 15 is 0 Å². The van der Waals surface area contributed by atoms with E-state index in [9.17, 15) is 18.3 Å². The summed E-state index contributed by atoms with van der Waals surface area (Å²) < 4.78 is 46.1. The number of ether oxygens (including phenoxy) is 2. The molecule has 6 nitrogen and oxygen atoms in total. The molecule has 1 saturated carbocycles. The first-order chi connectivity index (χ1) is 13.3. The number of likely N-dealkylation sites (N-methyl/N-ethyl adjacent to an activating group) is 1. The number of nitrogens with one attached hydrogen (secondary N) is 1. The molecule has 158 valence electrons. The lowest BCUT2D eigenvalue weighted by atomic mass is 10.1. The van der Waals surface area contributed by atoms with E-state index in [1.54, 1.807) is 0 Å². The molecular formula is C19H28F3N3O3. The van der Waals surface area contributed by atoms with Gasteiger partial charge in [0.05, 0.1) is 19.3 Å². The summed E-state index contributed by atoms with van der Waals surface area (Å²) in [5.74, 6) is 1.02. The number of nitrogens with zero attached hydrogens (tertiary/aromatic N) is 2. The van der Waals surface area contributed by atoms with Gasteiger partial charge in [-0.2, -0.15) is 0 Å². The van der Waals surface area contributed by atoms with Crippen LogP contribution in [-0.4, -0.2) is 62.2 Å². The average molecular weight is 403 g/mol. The number of aliphatic hydroxyl groups is 1. The molecule has 0 bridgehead atoms. The third kappa shape index (κ3) is 8.35. The molecule has 1 atom stereocenters. The monoisotopic (exact) mass is 403 g/mol. The molecule has 9 heteroatoms. The summed E-state index contributed by atoms with van der Waals surface area (Å²) in [6, 6.07) is 5.13. The van der Waals surface area contributed by atoms with E-state index in [1.807, 2.05) is 18.9 Å². The van der Waals surface area contributed by atoms with Gasteiger partial charge in [-0.25, -0.2) is 0 Å². The topological polar surface area (TPSA) is 66.3 Å². The van der Waals surface area contributed by atoms with Gasteiger partial charge in [0, 0.05) is 26.7 Å². The average Bonchev–Trinajstić information content (AvgIpc) is 3.45. The lowest BCUT2D eigenvalue weighted by Gasteiger charge is -2.22. The molecule has 1 unspecified atom stereocenters. The Balaban J connectivity index is 1.85. The van der Waals surface area contributed by atoms with Gasteiger partial charge in [-0.15, -0.1) is 13.2 Å². The first kappa shape index (κ1) is 22.3. The summed E-state index contributed by atoms with van der Waals surface area (Å²) in [5, 5.41) is 13.4. The van der Waals surface area contributed by atoms with E-state index in [1.165, 1.54) is 37.1 Å². The lowest BCUT2D eigenvalue weighted by Crippen LogP contribution is -2.40. The van der Waals surface area contributed by atoms with Crippen molar-refractivity contribution in [2.24, 2.45) is 10.9 Å². The maximum Gasteiger partial charge on any atom is 0.573 e. The molecule has 0 aliphatic heterocycles. The van der Waals surface area contributed by atoms with Crippen LogP contribution in [0.4, 0.5) is 13.2 Å². The van der Waals surface area contributed by atoms with Gasteiger partial charge in [-0.05, 0) is 43.4 Å². The molecule has 1 aliphatic carbocycles. The zero-order chi connectivity index (χ0) is 20.6. The maximum absolute atomic E-state index is 12.2. The van der Waals surface area contributed by atoms with Crippen LogP contribution in [0, 0.1) is 5.92 Å². The molecule has 1 fully saturated rings. The number of aliphatic imine (C=N–C) groups is 1. The smallest absolute Gasteiger partial charge is 0.406 e. The van der Waals surface area contributed by atoms with E-state index < -0.39 is 12.5 Å². The second-order valence-electron chi connectivity index (χ2n) is 6.77. The zero-order valence-electron chi connectivity index (χ0n) is 16.2. The van der Waals surface area contributed by atoms with Crippen molar-refractivity contribution in [2.75, 3.05) is 39.9 Å². The van der Waals surface area contributed by atoms with Gasteiger partial charge in [0.2, 0.25) is 0 Å². The Kier molecular flexibility index (Phi) is 8.37. The van der Waals surface area contributed by atoms with E-state index in [-0.39, 0.29) is 12.3 Å². The van der Waals surface area contributed by atoms with E-state index in [0.717, 1.165) is 12.5 Å². The minimum Gasteiger partial charge on any atom is -0.406 e. The van der Waals surface area contributed by atoms with E-state index in [4.69, 9.17) is 4.74 Å².